The van der Waals surface area contributed by atoms with Crippen molar-refractivity contribution in [2.75, 3.05) is 42.5 Å². The third-order valence-corrected chi connectivity index (χ3v) is 16.4. The summed E-state index contributed by atoms with van der Waals surface area (Å²) in [5.41, 5.74) is 11.8. The molecule has 0 saturated heterocycles. The third-order valence-electron chi connectivity index (χ3n) is 11.5. The number of benzene rings is 5. The molecule has 0 heterocycles. The van der Waals surface area contributed by atoms with Crippen LogP contribution in [0.1, 0.15) is 56.1 Å². The molecule has 0 aliphatic heterocycles. The van der Waals surface area contributed by atoms with Crippen LogP contribution in [0.25, 0.3) is 0 Å². The fourth-order valence-corrected chi connectivity index (χ4v) is 14.9. The van der Waals surface area contributed by atoms with Gasteiger partial charge in [-0.05, 0) is 262 Å². The summed E-state index contributed by atoms with van der Waals surface area (Å²) >= 11 is 0. The van der Waals surface area contributed by atoms with Crippen LogP contribution in [0.4, 0.5) is 0 Å². The van der Waals surface area contributed by atoms with Gasteiger partial charge in [0, 0.05) is 17.6 Å². The number of methoxy groups -OCH3 is 4. The van der Waals surface area contributed by atoms with Gasteiger partial charge in [0.15, 0.2) is 0 Å². The summed E-state index contributed by atoms with van der Waals surface area (Å²) in [4.78, 5) is 2.39. The van der Waals surface area contributed by atoms with E-state index in [2.05, 4.69) is 166 Å². The summed E-state index contributed by atoms with van der Waals surface area (Å²) in [6.07, 6.45) is 17.0. The SMILES string of the molecule is COc1c(C)cc(P([C]2[CH][CH][CH][C]2[C@H](c2ccccc2P(c2cc(C)c(OC)c(C)c2)c2cc(C)c(OC)c(C)c2)N(C)C)c2cc(C)c(OC)c(C)c2)cc1C.[CH]1[CH][CH][CH][CH]1.[Fe+2]. The van der Waals surface area contributed by atoms with Gasteiger partial charge in [0.25, 0.3) is 0 Å². The van der Waals surface area contributed by atoms with Gasteiger partial charge < -0.3 is 23.8 Å². The average Bonchev–Trinajstić information content (AvgIpc) is 3.96. The normalized spacial score (nSPS) is 14.7. The van der Waals surface area contributed by atoms with Crippen LogP contribution >= 0.6 is 15.8 Å². The molecule has 0 bridgehead atoms. The van der Waals surface area contributed by atoms with Crippen LogP contribution in [0, 0.1) is 118 Å². The Balaban J connectivity index is 0.00000116. The minimum absolute atomic E-state index is 0. The molecule has 2 aliphatic carbocycles. The number of hydrogen-bond donors (Lipinski definition) is 0. The Morgan fingerprint density at radius 1 is 0.429 bits per heavy atom. The van der Waals surface area contributed by atoms with E-state index in [1.807, 2.05) is 32.1 Å². The van der Waals surface area contributed by atoms with Gasteiger partial charge in [-0.2, -0.15) is 0 Å². The van der Waals surface area contributed by atoms with Crippen molar-refractivity contribution in [3.05, 3.63) is 186 Å². The number of ether oxygens (including phenoxy) is 4. The summed E-state index contributed by atoms with van der Waals surface area (Å²) < 4.78 is 23.5. The predicted octanol–water partition coefficient (Wildman–Crippen LogP) is 10.4. The number of hydrogen-bond acceptors (Lipinski definition) is 5. The van der Waals surface area contributed by atoms with Crippen molar-refractivity contribution in [3.8, 4) is 23.0 Å². The van der Waals surface area contributed by atoms with Crippen LogP contribution in [-0.4, -0.2) is 47.4 Å². The Morgan fingerprint density at radius 2 is 0.746 bits per heavy atom. The molecule has 0 amide bonds. The molecule has 0 N–H and O–H groups in total. The smallest absolute Gasteiger partial charge is 0.496 e. The number of nitrogens with zero attached hydrogens (tertiary/aromatic N) is 1. The Kier molecular flexibility index (Phi) is 18.2. The van der Waals surface area contributed by atoms with E-state index in [-0.39, 0.29) is 23.1 Å². The molecule has 8 heteroatoms. The van der Waals surface area contributed by atoms with Crippen LogP contribution in [0.2, 0.25) is 0 Å². The van der Waals surface area contributed by atoms with Crippen molar-refractivity contribution >= 4 is 42.4 Å². The van der Waals surface area contributed by atoms with E-state index >= 15 is 0 Å². The van der Waals surface area contributed by atoms with Crippen LogP contribution in [0.15, 0.2) is 72.8 Å². The molecule has 63 heavy (non-hydrogen) atoms. The fourth-order valence-electron chi connectivity index (χ4n) is 9.19. The van der Waals surface area contributed by atoms with E-state index in [4.69, 9.17) is 18.9 Å². The first-order chi connectivity index (χ1) is 29.7. The van der Waals surface area contributed by atoms with Gasteiger partial charge in [0.1, 0.15) is 23.0 Å². The Labute approximate surface area is 394 Å². The molecular formula is C55H63FeNO4P2+2. The molecule has 5 aromatic rings. The summed E-state index contributed by atoms with van der Waals surface area (Å²) in [6, 6.07) is 27.8. The van der Waals surface area contributed by atoms with Gasteiger partial charge in [-0.25, -0.2) is 0 Å². The Hall–Kier alpha value is -3.36. The zero-order chi connectivity index (χ0) is 44.8. The standard InChI is InChI=1S/C50H58NO4P2.C5H5.Fe/c1-30-22-38(23-31(2)47(30)52-11)56(39-24-32(3)48(53-12)33(4)25-39)44-20-16-15-18-42(44)46(51(9)10)43-19-17-21-45(43)57(40-26-34(5)49(54-13)35(6)27-40)41-28-36(7)50(55-14)37(8)29-41;1-2-4-5-3-1;/h15-29,46H,1-14H3;1-5H;/q;;+2/t46-;;/m0../s1. The maximum absolute atomic E-state index is 5.87. The number of rotatable bonds is 13. The van der Waals surface area contributed by atoms with Crippen molar-refractivity contribution < 1.29 is 36.0 Å². The predicted molar refractivity (Wildman–Crippen MR) is 266 cm³/mol. The topological polar surface area (TPSA) is 40.2 Å². The van der Waals surface area contributed by atoms with Crippen LogP contribution in [-0.2, 0) is 17.1 Å². The van der Waals surface area contributed by atoms with Crippen molar-refractivity contribution in [1.29, 1.82) is 0 Å². The fraction of sp³-hybridized carbons (Fsp3) is 0.273. The van der Waals surface area contributed by atoms with E-state index in [0.717, 1.165) is 67.5 Å². The molecule has 0 aromatic heterocycles. The summed E-state index contributed by atoms with van der Waals surface area (Å²) in [6.45, 7) is 17.3. The van der Waals surface area contributed by atoms with Crippen LogP contribution in [0.3, 0.4) is 0 Å². The second-order valence-corrected chi connectivity index (χ2v) is 20.7. The zero-order valence-electron chi connectivity index (χ0n) is 39.5. The second kappa shape index (κ2) is 22.7. The molecule has 1 atom stereocenters. The largest absolute Gasteiger partial charge is 2.00 e. The van der Waals surface area contributed by atoms with Gasteiger partial charge in [0.05, 0.1) is 28.4 Å². The Morgan fingerprint density at radius 3 is 1.06 bits per heavy atom. The van der Waals surface area contributed by atoms with E-state index < -0.39 is 15.8 Å². The molecule has 0 unspecified atom stereocenters. The maximum Gasteiger partial charge on any atom is 2.00 e. The summed E-state index contributed by atoms with van der Waals surface area (Å²) in [7, 11) is 9.51. The van der Waals surface area contributed by atoms with Gasteiger partial charge in [-0.15, -0.1) is 0 Å². The minimum atomic E-state index is -1.00. The quantitative estimate of drug-likeness (QED) is 0.0869. The first-order valence-electron chi connectivity index (χ1n) is 21.1. The van der Waals surface area contributed by atoms with Crippen molar-refractivity contribution in [3.63, 3.8) is 0 Å². The molecule has 328 valence electrons. The van der Waals surface area contributed by atoms with E-state index in [1.165, 1.54) is 43.7 Å². The summed E-state index contributed by atoms with van der Waals surface area (Å²) in [5, 5.41) is 6.54. The van der Waals surface area contributed by atoms with Crippen LogP contribution < -0.4 is 45.5 Å². The van der Waals surface area contributed by atoms with Gasteiger partial charge in [0.2, 0.25) is 0 Å². The summed E-state index contributed by atoms with van der Waals surface area (Å²) in [5.74, 6) is 5.09. The molecule has 10 radical (unpaired) electrons. The van der Waals surface area contributed by atoms with Crippen molar-refractivity contribution in [2.45, 2.75) is 61.4 Å². The van der Waals surface area contributed by atoms with E-state index in [9.17, 15) is 0 Å². The molecule has 2 aliphatic rings. The van der Waals surface area contributed by atoms with E-state index in [1.54, 1.807) is 28.4 Å². The molecular weight excluding hydrogens is 856 g/mol. The zero-order valence-corrected chi connectivity index (χ0v) is 42.3. The van der Waals surface area contributed by atoms with Crippen molar-refractivity contribution in [2.24, 2.45) is 0 Å². The first-order valence-corrected chi connectivity index (χ1v) is 23.8. The van der Waals surface area contributed by atoms with Gasteiger partial charge >= 0.3 is 17.1 Å². The molecule has 2 fully saturated rings. The van der Waals surface area contributed by atoms with Crippen molar-refractivity contribution in [1.82, 2.24) is 4.90 Å². The molecule has 5 nitrogen and oxygen atoms in total. The number of aryl methyl sites for hydroxylation is 8. The van der Waals surface area contributed by atoms with Gasteiger partial charge in [-0.3, -0.25) is 0 Å². The average molecular weight is 920 g/mol. The second-order valence-electron chi connectivity index (χ2n) is 16.4. The van der Waals surface area contributed by atoms with E-state index in [0.29, 0.717) is 0 Å². The molecule has 0 spiro atoms. The Bertz CT molecular complexity index is 2120. The third kappa shape index (κ3) is 11.0. The van der Waals surface area contributed by atoms with Gasteiger partial charge in [-0.1, -0.05) is 24.3 Å². The first kappa shape index (κ1) is 50.6. The minimum Gasteiger partial charge on any atom is -0.496 e. The monoisotopic (exact) mass is 919 g/mol. The molecule has 2 saturated carbocycles. The van der Waals surface area contributed by atoms with Crippen LogP contribution in [0.5, 0.6) is 23.0 Å². The molecule has 7 rings (SSSR count). The maximum atomic E-state index is 5.87. The molecule has 5 aromatic carbocycles.